The predicted octanol–water partition coefficient (Wildman–Crippen LogP) is 2.72. The molecule has 18 heavy (non-hydrogen) atoms. The summed E-state index contributed by atoms with van der Waals surface area (Å²) >= 11 is 0. The zero-order chi connectivity index (χ0) is 12.8. The Morgan fingerprint density at radius 3 is 2.39 bits per heavy atom. The van der Waals surface area contributed by atoms with Gasteiger partial charge in [-0.05, 0) is 48.2 Å². The molecule has 1 aromatic carbocycles. The molecule has 2 N–H and O–H groups in total. The molecule has 0 aliphatic heterocycles. The summed E-state index contributed by atoms with van der Waals surface area (Å²) in [7, 11) is 1.67. The van der Waals surface area contributed by atoms with Gasteiger partial charge in [0.2, 0.25) is 0 Å². The minimum Gasteiger partial charge on any atom is -0.497 e. The fourth-order valence-electron chi connectivity index (χ4n) is 1.89. The standard InChI is InChI=1S/C15H18N2O/c1-18-14-5-3-13(4-6-14)15(16)7-2-12-8-10-17-11-9-12/h3-6,8-11,15H,2,7,16H2,1H3. The number of nitrogens with zero attached hydrogens (tertiary/aromatic N) is 1. The molecule has 0 fully saturated rings. The molecule has 3 heteroatoms. The van der Waals surface area contributed by atoms with Crippen molar-refractivity contribution < 1.29 is 4.74 Å². The first-order valence-corrected chi connectivity index (χ1v) is 6.08. The number of benzene rings is 1. The Hall–Kier alpha value is -1.87. The summed E-state index contributed by atoms with van der Waals surface area (Å²) in [4.78, 5) is 4.00. The maximum atomic E-state index is 6.18. The fraction of sp³-hybridized carbons (Fsp3) is 0.267. The van der Waals surface area contributed by atoms with Gasteiger partial charge in [-0.3, -0.25) is 4.98 Å². The van der Waals surface area contributed by atoms with Gasteiger partial charge in [-0.15, -0.1) is 0 Å². The molecule has 1 unspecified atom stereocenters. The maximum Gasteiger partial charge on any atom is 0.118 e. The van der Waals surface area contributed by atoms with Crippen LogP contribution >= 0.6 is 0 Å². The highest BCUT2D eigenvalue weighted by atomic mass is 16.5. The molecular formula is C15H18N2O. The van der Waals surface area contributed by atoms with E-state index in [4.69, 9.17) is 10.5 Å². The molecule has 0 aliphatic carbocycles. The fourth-order valence-corrected chi connectivity index (χ4v) is 1.89. The van der Waals surface area contributed by atoms with Crippen molar-refractivity contribution in [3.8, 4) is 5.75 Å². The van der Waals surface area contributed by atoms with Gasteiger partial charge in [-0.25, -0.2) is 0 Å². The van der Waals surface area contributed by atoms with E-state index >= 15 is 0 Å². The lowest BCUT2D eigenvalue weighted by Gasteiger charge is -2.12. The first-order valence-electron chi connectivity index (χ1n) is 6.08. The number of aromatic nitrogens is 1. The Labute approximate surface area is 108 Å². The van der Waals surface area contributed by atoms with Crippen LogP contribution in [0.3, 0.4) is 0 Å². The Balaban J connectivity index is 1.93. The molecule has 0 saturated heterocycles. The first-order chi connectivity index (χ1) is 8.79. The van der Waals surface area contributed by atoms with Crippen molar-refractivity contribution >= 4 is 0 Å². The third-order valence-corrected chi connectivity index (χ3v) is 3.04. The van der Waals surface area contributed by atoms with E-state index < -0.39 is 0 Å². The van der Waals surface area contributed by atoms with Gasteiger partial charge in [0.15, 0.2) is 0 Å². The van der Waals surface area contributed by atoms with E-state index in [0.29, 0.717) is 0 Å². The van der Waals surface area contributed by atoms with Crippen LogP contribution in [0.2, 0.25) is 0 Å². The number of pyridine rings is 1. The molecule has 2 aromatic rings. The van der Waals surface area contributed by atoms with Crippen LogP contribution in [0.25, 0.3) is 0 Å². The van der Waals surface area contributed by atoms with Gasteiger partial charge < -0.3 is 10.5 Å². The summed E-state index contributed by atoms with van der Waals surface area (Å²) in [6.45, 7) is 0. The van der Waals surface area contributed by atoms with Crippen LogP contribution in [0.1, 0.15) is 23.6 Å². The molecule has 1 atom stereocenters. The van der Waals surface area contributed by atoms with E-state index in [-0.39, 0.29) is 6.04 Å². The quantitative estimate of drug-likeness (QED) is 0.877. The van der Waals surface area contributed by atoms with Gasteiger partial charge in [0.1, 0.15) is 5.75 Å². The largest absolute Gasteiger partial charge is 0.497 e. The highest BCUT2D eigenvalue weighted by Crippen LogP contribution is 2.19. The molecule has 2 rings (SSSR count). The van der Waals surface area contributed by atoms with Crippen molar-refractivity contribution in [3.05, 3.63) is 59.9 Å². The number of ether oxygens (including phenoxy) is 1. The Kier molecular flexibility index (Phi) is 4.31. The highest BCUT2D eigenvalue weighted by Gasteiger charge is 2.06. The molecule has 0 spiro atoms. The molecule has 3 nitrogen and oxygen atoms in total. The normalized spacial score (nSPS) is 12.1. The smallest absolute Gasteiger partial charge is 0.118 e. The van der Waals surface area contributed by atoms with Crippen LogP contribution in [-0.2, 0) is 6.42 Å². The van der Waals surface area contributed by atoms with Gasteiger partial charge in [0, 0.05) is 18.4 Å². The predicted molar refractivity (Wildman–Crippen MR) is 72.5 cm³/mol. The average molecular weight is 242 g/mol. The molecular weight excluding hydrogens is 224 g/mol. The Morgan fingerprint density at radius 1 is 1.11 bits per heavy atom. The SMILES string of the molecule is COc1ccc(C(N)CCc2ccncc2)cc1. The zero-order valence-electron chi connectivity index (χ0n) is 10.5. The molecule has 0 aliphatic rings. The van der Waals surface area contributed by atoms with Gasteiger partial charge in [-0.2, -0.15) is 0 Å². The number of rotatable bonds is 5. The van der Waals surface area contributed by atoms with E-state index in [1.807, 2.05) is 48.8 Å². The van der Waals surface area contributed by atoms with E-state index in [9.17, 15) is 0 Å². The summed E-state index contributed by atoms with van der Waals surface area (Å²) in [5, 5.41) is 0. The second-order valence-electron chi connectivity index (χ2n) is 4.27. The third-order valence-electron chi connectivity index (χ3n) is 3.04. The molecule has 1 aromatic heterocycles. The van der Waals surface area contributed by atoms with Gasteiger partial charge >= 0.3 is 0 Å². The monoisotopic (exact) mass is 242 g/mol. The number of aryl methyl sites for hydroxylation is 1. The van der Waals surface area contributed by atoms with E-state index in [0.717, 1.165) is 24.2 Å². The Bertz CT molecular complexity index is 468. The van der Waals surface area contributed by atoms with E-state index in [1.54, 1.807) is 7.11 Å². The molecule has 0 amide bonds. The minimum absolute atomic E-state index is 0.0593. The number of hydrogen-bond donors (Lipinski definition) is 1. The maximum absolute atomic E-state index is 6.18. The molecule has 0 bridgehead atoms. The number of methoxy groups -OCH3 is 1. The summed E-state index contributed by atoms with van der Waals surface area (Å²) < 4.78 is 5.13. The third kappa shape index (κ3) is 3.31. The number of nitrogens with two attached hydrogens (primary N) is 1. The van der Waals surface area contributed by atoms with Crippen LogP contribution in [-0.4, -0.2) is 12.1 Å². The van der Waals surface area contributed by atoms with E-state index in [2.05, 4.69) is 4.98 Å². The van der Waals surface area contributed by atoms with Crippen molar-refractivity contribution in [2.24, 2.45) is 5.73 Å². The molecule has 0 saturated carbocycles. The first kappa shape index (κ1) is 12.6. The highest BCUT2D eigenvalue weighted by molar-refractivity contribution is 5.29. The summed E-state index contributed by atoms with van der Waals surface area (Å²) in [5.74, 6) is 0.861. The summed E-state index contributed by atoms with van der Waals surface area (Å²) in [6, 6.07) is 12.1. The van der Waals surface area contributed by atoms with Gasteiger partial charge in [0.25, 0.3) is 0 Å². The number of hydrogen-bond acceptors (Lipinski definition) is 3. The van der Waals surface area contributed by atoms with E-state index in [1.165, 1.54) is 5.56 Å². The van der Waals surface area contributed by atoms with Crippen molar-refractivity contribution in [2.75, 3.05) is 7.11 Å². The van der Waals surface area contributed by atoms with Crippen LogP contribution in [0, 0.1) is 0 Å². The van der Waals surface area contributed by atoms with Gasteiger partial charge in [0.05, 0.1) is 7.11 Å². The van der Waals surface area contributed by atoms with Crippen molar-refractivity contribution in [2.45, 2.75) is 18.9 Å². The van der Waals surface area contributed by atoms with Crippen LogP contribution in [0.4, 0.5) is 0 Å². The lowest BCUT2D eigenvalue weighted by Crippen LogP contribution is -2.11. The molecule has 94 valence electrons. The van der Waals surface area contributed by atoms with Crippen LogP contribution in [0.15, 0.2) is 48.8 Å². The Morgan fingerprint density at radius 2 is 1.78 bits per heavy atom. The van der Waals surface area contributed by atoms with Crippen molar-refractivity contribution in [1.82, 2.24) is 4.98 Å². The molecule has 0 radical (unpaired) electrons. The van der Waals surface area contributed by atoms with Crippen LogP contribution in [0.5, 0.6) is 5.75 Å². The van der Waals surface area contributed by atoms with Crippen LogP contribution < -0.4 is 10.5 Å². The average Bonchev–Trinajstić information content (AvgIpc) is 2.46. The summed E-state index contributed by atoms with van der Waals surface area (Å²) in [5.41, 5.74) is 8.59. The topological polar surface area (TPSA) is 48.1 Å². The second-order valence-corrected chi connectivity index (χ2v) is 4.27. The lowest BCUT2D eigenvalue weighted by molar-refractivity contribution is 0.414. The lowest BCUT2D eigenvalue weighted by atomic mass is 10.0. The van der Waals surface area contributed by atoms with Crippen molar-refractivity contribution in [1.29, 1.82) is 0 Å². The summed E-state index contributed by atoms with van der Waals surface area (Å²) in [6.07, 6.45) is 5.52. The van der Waals surface area contributed by atoms with Crippen molar-refractivity contribution in [3.63, 3.8) is 0 Å². The van der Waals surface area contributed by atoms with Gasteiger partial charge in [-0.1, -0.05) is 12.1 Å². The molecule has 1 heterocycles. The minimum atomic E-state index is 0.0593. The second kappa shape index (κ2) is 6.17. The zero-order valence-corrected chi connectivity index (χ0v) is 10.5.